The first kappa shape index (κ1) is 7.56. The molecule has 0 spiro atoms. The fourth-order valence-electron chi connectivity index (χ4n) is 2.73. The van der Waals surface area contributed by atoms with Crippen molar-refractivity contribution < 1.29 is 0 Å². The van der Waals surface area contributed by atoms with Crippen LogP contribution in [0.25, 0.3) is 0 Å². The molecule has 0 radical (unpaired) electrons. The van der Waals surface area contributed by atoms with Crippen LogP contribution in [0.1, 0.15) is 25.7 Å². The summed E-state index contributed by atoms with van der Waals surface area (Å²) < 4.78 is 0. The van der Waals surface area contributed by atoms with E-state index in [9.17, 15) is 0 Å². The molecule has 0 aromatic carbocycles. The maximum atomic E-state index is 6.06. The van der Waals surface area contributed by atoms with E-state index in [-0.39, 0.29) is 0 Å². The molecular weight excluding hydrogens is 136 g/mol. The van der Waals surface area contributed by atoms with Gasteiger partial charge in [-0.1, -0.05) is 12.8 Å². The van der Waals surface area contributed by atoms with Gasteiger partial charge < -0.3 is 5.73 Å². The number of nitrogens with zero attached hydrogens (tertiary/aromatic N) is 1. The minimum Gasteiger partial charge on any atom is -0.315 e. The average molecular weight is 154 g/mol. The highest BCUT2D eigenvalue weighted by Gasteiger charge is 2.38. The van der Waals surface area contributed by atoms with Crippen molar-refractivity contribution in [2.45, 2.75) is 31.8 Å². The number of likely N-dealkylation sites (tertiary alicyclic amines) is 1. The van der Waals surface area contributed by atoms with E-state index in [1.165, 1.54) is 32.2 Å². The third kappa shape index (κ3) is 1.18. The van der Waals surface area contributed by atoms with Gasteiger partial charge in [-0.05, 0) is 31.7 Å². The van der Waals surface area contributed by atoms with Crippen LogP contribution >= 0.6 is 0 Å². The van der Waals surface area contributed by atoms with E-state index in [2.05, 4.69) is 11.9 Å². The highest BCUT2D eigenvalue weighted by atomic mass is 15.2. The summed E-state index contributed by atoms with van der Waals surface area (Å²) >= 11 is 0. The maximum Gasteiger partial charge on any atom is 0.0601 e. The van der Waals surface area contributed by atoms with E-state index in [4.69, 9.17) is 5.73 Å². The third-order valence-corrected chi connectivity index (χ3v) is 3.44. The highest BCUT2D eigenvalue weighted by Crippen LogP contribution is 2.37. The average Bonchev–Trinajstić information content (AvgIpc) is 2.30. The fraction of sp³-hybridized carbons (Fsp3) is 1.00. The maximum absolute atomic E-state index is 6.06. The van der Waals surface area contributed by atoms with Gasteiger partial charge in [-0.25, -0.2) is 0 Å². The first-order chi connectivity index (χ1) is 5.29. The van der Waals surface area contributed by atoms with Gasteiger partial charge in [-0.3, -0.25) is 4.90 Å². The van der Waals surface area contributed by atoms with Crippen molar-refractivity contribution in [1.82, 2.24) is 4.90 Å². The molecule has 2 N–H and O–H groups in total. The second-order valence-electron chi connectivity index (χ2n) is 4.14. The van der Waals surface area contributed by atoms with Crippen LogP contribution in [0.4, 0.5) is 0 Å². The first-order valence-corrected chi connectivity index (χ1v) is 4.75. The van der Waals surface area contributed by atoms with Crippen LogP contribution < -0.4 is 5.73 Å². The molecule has 1 saturated heterocycles. The Morgan fingerprint density at radius 2 is 2.00 bits per heavy atom. The first-order valence-electron chi connectivity index (χ1n) is 4.75. The number of hydrogen-bond donors (Lipinski definition) is 1. The number of nitrogens with two attached hydrogens (primary N) is 1. The Bertz CT molecular complexity index is 146. The molecule has 2 fully saturated rings. The van der Waals surface area contributed by atoms with E-state index in [1.807, 2.05) is 0 Å². The molecular formula is C9H18N2. The number of hydrogen-bond acceptors (Lipinski definition) is 2. The van der Waals surface area contributed by atoms with Crippen molar-refractivity contribution in [3.63, 3.8) is 0 Å². The minimum absolute atomic E-state index is 0.361. The molecule has 1 heterocycles. The molecule has 2 rings (SSSR count). The van der Waals surface area contributed by atoms with E-state index in [0.29, 0.717) is 6.17 Å². The Kier molecular flexibility index (Phi) is 1.90. The van der Waals surface area contributed by atoms with Gasteiger partial charge in [0.2, 0.25) is 0 Å². The fourth-order valence-corrected chi connectivity index (χ4v) is 2.73. The lowest BCUT2D eigenvalue weighted by atomic mass is 9.81. The van der Waals surface area contributed by atoms with Crippen LogP contribution in [-0.4, -0.2) is 24.7 Å². The zero-order chi connectivity index (χ0) is 7.84. The van der Waals surface area contributed by atoms with Gasteiger partial charge in [0.1, 0.15) is 0 Å². The van der Waals surface area contributed by atoms with Crippen molar-refractivity contribution in [2.24, 2.45) is 17.6 Å². The van der Waals surface area contributed by atoms with Gasteiger partial charge in [-0.15, -0.1) is 0 Å². The number of fused-ring (bicyclic) bond motifs is 1. The van der Waals surface area contributed by atoms with Crippen LogP contribution in [0.15, 0.2) is 0 Å². The van der Waals surface area contributed by atoms with Crippen LogP contribution in [-0.2, 0) is 0 Å². The molecule has 64 valence electrons. The predicted molar refractivity (Wildman–Crippen MR) is 46.1 cm³/mol. The minimum atomic E-state index is 0.361. The Morgan fingerprint density at radius 3 is 2.73 bits per heavy atom. The SMILES string of the molecule is CN1CC2CCCCC2C1N. The molecule has 3 unspecified atom stereocenters. The van der Waals surface area contributed by atoms with E-state index in [0.717, 1.165) is 11.8 Å². The summed E-state index contributed by atoms with van der Waals surface area (Å²) in [5.41, 5.74) is 6.06. The molecule has 3 atom stereocenters. The molecule has 0 aromatic rings. The molecule has 1 aliphatic carbocycles. The van der Waals surface area contributed by atoms with Crippen molar-refractivity contribution in [3.8, 4) is 0 Å². The van der Waals surface area contributed by atoms with Gasteiger partial charge in [-0.2, -0.15) is 0 Å². The summed E-state index contributed by atoms with van der Waals surface area (Å²) in [6.45, 7) is 1.24. The molecule has 0 amide bonds. The molecule has 1 aliphatic heterocycles. The van der Waals surface area contributed by atoms with Crippen LogP contribution in [0, 0.1) is 11.8 Å². The molecule has 2 heteroatoms. The van der Waals surface area contributed by atoms with E-state index < -0.39 is 0 Å². The topological polar surface area (TPSA) is 29.3 Å². The largest absolute Gasteiger partial charge is 0.315 e. The molecule has 2 aliphatic rings. The lowest BCUT2D eigenvalue weighted by Crippen LogP contribution is -2.38. The lowest BCUT2D eigenvalue weighted by Gasteiger charge is -2.26. The number of rotatable bonds is 0. The second-order valence-corrected chi connectivity index (χ2v) is 4.14. The summed E-state index contributed by atoms with van der Waals surface area (Å²) in [6, 6.07) is 0. The normalized spacial score (nSPS) is 45.8. The van der Waals surface area contributed by atoms with E-state index >= 15 is 0 Å². The van der Waals surface area contributed by atoms with Crippen LogP contribution in [0.3, 0.4) is 0 Å². The van der Waals surface area contributed by atoms with Gasteiger partial charge in [0.15, 0.2) is 0 Å². The molecule has 11 heavy (non-hydrogen) atoms. The zero-order valence-electron chi connectivity index (χ0n) is 7.29. The van der Waals surface area contributed by atoms with Crippen LogP contribution in [0.2, 0.25) is 0 Å². The Balaban J connectivity index is 2.05. The quantitative estimate of drug-likeness (QED) is 0.564. The van der Waals surface area contributed by atoms with Crippen molar-refractivity contribution >= 4 is 0 Å². The van der Waals surface area contributed by atoms with Crippen LogP contribution in [0.5, 0.6) is 0 Å². The smallest absolute Gasteiger partial charge is 0.0601 e. The summed E-state index contributed by atoms with van der Waals surface area (Å²) in [5, 5.41) is 0. The van der Waals surface area contributed by atoms with Crippen molar-refractivity contribution in [3.05, 3.63) is 0 Å². The zero-order valence-corrected chi connectivity index (χ0v) is 7.29. The Morgan fingerprint density at radius 1 is 1.27 bits per heavy atom. The summed E-state index contributed by atoms with van der Waals surface area (Å²) in [4.78, 5) is 2.32. The predicted octanol–water partition coefficient (Wildman–Crippen LogP) is 1.02. The molecule has 2 nitrogen and oxygen atoms in total. The second kappa shape index (κ2) is 2.76. The van der Waals surface area contributed by atoms with Gasteiger partial charge >= 0.3 is 0 Å². The summed E-state index contributed by atoms with van der Waals surface area (Å²) in [5.74, 6) is 1.73. The molecule has 0 aromatic heterocycles. The lowest BCUT2D eigenvalue weighted by molar-refractivity contribution is 0.241. The Labute approximate surface area is 68.7 Å². The molecule has 0 bridgehead atoms. The summed E-state index contributed by atoms with van der Waals surface area (Å²) in [7, 11) is 2.16. The van der Waals surface area contributed by atoms with Crippen molar-refractivity contribution in [1.29, 1.82) is 0 Å². The monoisotopic (exact) mass is 154 g/mol. The van der Waals surface area contributed by atoms with Gasteiger partial charge in [0, 0.05) is 6.54 Å². The van der Waals surface area contributed by atoms with Crippen molar-refractivity contribution in [2.75, 3.05) is 13.6 Å². The van der Waals surface area contributed by atoms with E-state index in [1.54, 1.807) is 0 Å². The third-order valence-electron chi connectivity index (χ3n) is 3.44. The summed E-state index contributed by atoms with van der Waals surface area (Å²) in [6.07, 6.45) is 5.99. The van der Waals surface area contributed by atoms with Gasteiger partial charge in [0.05, 0.1) is 6.17 Å². The Hall–Kier alpha value is -0.0800. The van der Waals surface area contributed by atoms with Gasteiger partial charge in [0.25, 0.3) is 0 Å². The molecule has 1 saturated carbocycles. The standard InChI is InChI=1S/C9H18N2/c1-11-6-7-4-2-3-5-8(7)9(11)10/h7-9H,2-6,10H2,1H3. The highest BCUT2D eigenvalue weighted by molar-refractivity contribution is 4.90.